The zero-order chi connectivity index (χ0) is 11.9. The first kappa shape index (κ1) is 13.9. The molecule has 0 aromatic rings. The molecule has 0 unspecified atom stereocenters. The fourth-order valence-electron chi connectivity index (χ4n) is 1.27. The summed E-state index contributed by atoms with van der Waals surface area (Å²) in [4.78, 5) is 10.9. The van der Waals surface area contributed by atoms with Gasteiger partial charge in [-0.15, -0.1) is 0 Å². The molecule has 15 heavy (non-hydrogen) atoms. The standard InChI is InChI=1S/C13H22O2/c1-6-11(3)9-8-10-13(5,7-2)15-12(4)14/h7,9H,2,6,8,10H2,1,3-5H3/b11-9+/t13-/m0/s1. The van der Waals surface area contributed by atoms with E-state index >= 15 is 0 Å². The van der Waals surface area contributed by atoms with Crippen molar-refractivity contribution < 1.29 is 9.53 Å². The minimum Gasteiger partial charge on any atom is -0.455 e. The molecule has 0 aliphatic heterocycles. The Morgan fingerprint density at radius 2 is 2.07 bits per heavy atom. The van der Waals surface area contributed by atoms with Gasteiger partial charge in [0.05, 0.1) is 0 Å². The summed E-state index contributed by atoms with van der Waals surface area (Å²) in [5.74, 6) is -0.256. The van der Waals surface area contributed by atoms with Gasteiger partial charge in [-0.2, -0.15) is 0 Å². The van der Waals surface area contributed by atoms with Crippen molar-refractivity contribution in [1.82, 2.24) is 0 Å². The van der Waals surface area contributed by atoms with Crippen LogP contribution in [0, 0.1) is 0 Å². The molecule has 1 atom stereocenters. The summed E-state index contributed by atoms with van der Waals surface area (Å²) in [6.45, 7) is 11.3. The van der Waals surface area contributed by atoms with Crippen molar-refractivity contribution in [1.29, 1.82) is 0 Å². The lowest BCUT2D eigenvalue weighted by Gasteiger charge is -2.24. The number of hydrogen-bond donors (Lipinski definition) is 0. The maximum absolute atomic E-state index is 10.9. The Hall–Kier alpha value is -1.05. The highest BCUT2D eigenvalue weighted by molar-refractivity contribution is 5.66. The van der Waals surface area contributed by atoms with Gasteiger partial charge in [0, 0.05) is 6.92 Å². The Balaban J connectivity index is 4.21. The summed E-state index contributed by atoms with van der Waals surface area (Å²) in [6.07, 6.45) is 6.65. The topological polar surface area (TPSA) is 26.3 Å². The van der Waals surface area contributed by atoms with E-state index in [0.717, 1.165) is 19.3 Å². The predicted octanol–water partition coefficient (Wildman–Crippen LogP) is 3.63. The van der Waals surface area contributed by atoms with E-state index < -0.39 is 5.60 Å². The van der Waals surface area contributed by atoms with E-state index in [0.29, 0.717) is 0 Å². The number of hydrogen-bond acceptors (Lipinski definition) is 2. The molecule has 0 saturated carbocycles. The average Bonchev–Trinajstić information content (AvgIpc) is 2.16. The molecular formula is C13H22O2. The van der Waals surface area contributed by atoms with E-state index in [1.54, 1.807) is 6.08 Å². The van der Waals surface area contributed by atoms with Crippen LogP contribution in [0.3, 0.4) is 0 Å². The second-order valence-corrected chi connectivity index (χ2v) is 4.05. The number of carbonyl (C=O) groups excluding carboxylic acids is 1. The zero-order valence-corrected chi connectivity index (χ0v) is 10.3. The van der Waals surface area contributed by atoms with Gasteiger partial charge in [0.1, 0.15) is 5.60 Å². The molecule has 0 radical (unpaired) electrons. The van der Waals surface area contributed by atoms with Gasteiger partial charge < -0.3 is 4.74 Å². The lowest BCUT2D eigenvalue weighted by atomic mass is 9.99. The minimum absolute atomic E-state index is 0.256. The molecular weight excluding hydrogens is 188 g/mol. The van der Waals surface area contributed by atoms with Gasteiger partial charge in [-0.3, -0.25) is 4.79 Å². The highest BCUT2D eigenvalue weighted by Gasteiger charge is 2.22. The normalized spacial score (nSPS) is 15.6. The third kappa shape index (κ3) is 6.10. The molecule has 0 aliphatic carbocycles. The molecule has 0 bridgehead atoms. The van der Waals surface area contributed by atoms with Crippen LogP contribution in [-0.4, -0.2) is 11.6 Å². The van der Waals surface area contributed by atoms with Crippen LogP contribution in [0.1, 0.15) is 47.0 Å². The molecule has 0 aromatic heterocycles. The lowest BCUT2D eigenvalue weighted by molar-refractivity contribution is -0.151. The van der Waals surface area contributed by atoms with Crippen molar-refractivity contribution in [3.63, 3.8) is 0 Å². The van der Waals surface area contributed by atoms with Crippen LogP contribution in [-0.2, 0) is 9.53 Å². The highest BCUT2D eigenvalue weighted by Crippen LogP contribution is 2.20. The Morgan fingerprint density at radius 3 is 2.47 bits per heavy atom. The third-order valence-electron chi connectivity index (χ3n) is 2.50. The minimum atomic E-state index is -0.531. The van der Waals surface area contributed by atoms with E-state index in [4.69, 9.17) is 4.74 Å². The molecule has 0 N–H and O–H groups in total. The summed E-state index contributed by atoms with van der Waals surface area (Å²) < 4.78 is 5.22. The molecule has 2 nitrogen and oxygen atoms in total. The molecule has 0 heterocycles. The van der Waals surface area contributed by atoms with Crippen LogP contribution < -0.4 is 0 Å². The molecule has 0 aromatic carbocycles. The van der Waals surface area contributed by atoms with E-state index in [1.165, 1.54) is 12.5 Å². The molecule has 0 rings (SSSR count). The van der Waals surface area contributed by atoms with Crippen molar-refractivity contribution in [2.24, 2.45) is 0 Å². The fourth-order valence-corrected chi connectivity index (χ4v) is 1.27. The maximum atomic E-state index is 10.9. The molecule has 0 aliphatic rings. The summed E-state index contributed by atoms with van der Waals surface area (Å²) >= 11 is 0. The second kappa shape index (κ2) is 6.44. The number of ether oxygens (including phenoxy) is 1. The van der Waals surface area contributed by atoms with Gasteiger partial charge in [0.2, 0.25) is 0 Å². The van der Waals surface area contributed by atoms with Crippen LogP contribution in [0.5, 0.6) is 0 Å². The van der Waals surface area contributed by atoms with Gasteiger partial charge in [0.15, 0.2) is 0 Å². The van der Waals surface area contributed by atoms with Crippen molar-refractivity contribution >= 4 is 5.97 Å². The Bertz CT molecular complexity index is 253. The Labute approximate surface area is 93.0 Å². The summed E-state index contributed by atoms with van der Waals surface area (Å²) in [5, 5.41) is 0. The number of allylic oxidation sites excluding steroid dienone is 2. The molecule has 0 amide bonds. The van der Waals surface area contributed by atoms with Gasteiger partial charge in [-0.1, -0.05) is 25.2 Å². The summed E-state index contributed by atoms with van der Waals surface area (Å²) in [6, 6.07) is 0. The van der Waals surface area contributed by atoms with E-state index in [9.17, 15) is 4.79 Å². The van der Waals surface area contributed by atoms with Gasteiger partial charge >= 0.3 is 5.97 Å². The Kier molecular flexibility index (Phi) is 5.99. The monoisotopic (exact) mass is 210 g/mol. The largest absolute Gasteiger partial charge is 0.455 e. The van der Waals surface area contributed by atoms with Crippen LogP contribution in [0.25, 0.3) is 0 Å². The first-order chi connectivity index (χ1) is 6.93. The average molecular weight is 210 g/mol. The van der Waals surface area contributed by atoms with E-state index in [1.807, 2.05) is 6.92 Å². The lowest BCUT2D eigenvalue weighted by Crippen LogP contribution is -2.27. The molecule has 0 saturated heterocycles. The van der Waals surface area contributed by atoms with Crippen LogP contribution in [0.15, 0.2) is 24.3 Å². The zero-order valence-electron chi connectivity index (χ0n) is 10.3. The number of esters is 1. The first-order valence-electron chi connectivity index (χ1n) is 5.42. The van der Waals surface area contributed by atoms with E-state index in [2.05, 4.69) is 26.5 Å². The van der Waals surface area contributed by atoms with Crippen molar-refractivity contribution in [3.8, 4) is 0 Å². The van der Waals surface area contributed by atoms with Crippen LogP contribution >= 0.6 is 0 Å². The quantitative estimate of drug-likeness (QED) is 0.494. The van der Waals surface area contributed by atoms with Gasteiger partial charge in [-0.25, -0.2) is 0 Å². The first-order valence-corrected chi connectivity index (χ1v) is 5.42. The summed E-state index contributed by atoms with van der Waals surface area (Å²) in [7, 11) is 0. The number of rotatable bonds is 6. The summed E-state index contributed by atoms with van der Waals surface area (Å²) in [5.41, 5.74) is 0.834. The van der Waals surface area contributed by atoms with Crippen molar-refractivity contribution in [2.45, 2.75) is 52.6 Å². The van der Waals surface area contributed by atoms with E-state index in [-0.39, 0.29) is 5.97 Å². The SMILES string of the molecule is C=C[C@@](C)(CC/C=C(\C)CC)OC(C)=O. The van der Waals surface area contributed by atoms with Crippen LogP contribution in [0.4, 0.5) is 0 Å². The third-order valence-corrected chi connectivity index (χ3v) is 2.50. The van der Waals surface area contributed by atoms with Gasteiger partial charge in [0.25, 0.3) is 0 Å². The molecule has 2 heteroatoms. The maximum Gasteiger partial charge on any atom is 0.303 e. The molecule has 0 spiro atoms. The molecule has 86 valence electrons. The Morgan fingerprint density at radius 1 is 1.47 bits per heavy atom. The predicted molar refractivity (Wildman–Crippen MR) is 63.7 cm³/mol. The van der Waals surface area contributed by atoms with Crippen LogP contribution in [0.2, 0.25) is 0 Å². The highest BCUT2D eigenvalue weighted by atomic mass is 16.6. The molecule has 0 fully saturated rings. The smallest absolute Gasteiger partial charge is 0.303 e. The second-order valence-electron chi connectivity index (χ2n) is 4.05. The number of carbonyl (C=O) groups is 1. The van der Waals surface area contributed by atoms with Crippen molar-refractivity contribution in [2.75, 3.05) is 0 Å². The van der Waals surface area contributed by atoms with Crippen molar-refractivity contribution in [3.05, 3.63) is 24.3 Å². The fraction of sp³-hybridized carbons (Fsp3) is 0.615. The van der Waals surface area contributed by atoms with Gasteiger partial charge in [-0.05, 0) is 39.2 Å².